The van der Waals surface area contributed by atoms with Crippen molar-refractivity contribution in [3.05, 3.63) is 54.6 Å². The average molecular weight is 356 g/mol. The van der Waals surface area contributed by atoms with E-state index in [0.717, 1.165) is 5.46 Å². The summed E-state index contributed by atoms with van der Waals surface area (Å²) in [5, 5.41) is 4.93. The minimum Gasteiger partial charge on any atom is -0.399 e. The van der Waals surface area contributed by atoms with Crippen molar-refractivity contribution in [2.75, 3.05) is 0 Å². The predicted molar refractivity (Wildman–Crippen MR) is 107 cm³/mol. The Bertz CT molecular complexity index is 894. The monoisotopic (exact) mass is 356 g/mol. The second-order valence-electron chi connectivity index (χ2n) is 7.32. The Hall–Kier alpha value is -1.56. The molecule has 3 aromatic carbocycles. The lowest BCUT2D eigenvalue weighted by atomic mass is 9.75. The van der Waals surface area contributed by atoms with Crippen molar-refractivity contribution in [2.45, 2.75) is 38.9 Å². The molecule has 0 spiro atoms. The summed E-state index contributed by atoms with van der Waals surface area (Å²) in [7, 11) is -0.338. The number of fused-ring (bicyclic) bond motifs is 3. The standard InChI is InChI=1S/C20H21BO2.FHS/c1-19(2)20(3,4)23-21(22-19)18-13-14-9-5-6-10-15(14)16-11-7-8-12-17(16)18;1-2/h5-13H,1-4H3;2H. The maximum absolute atomic E-state index is 9.19. The zero-order valence-electron chi connectivity index (χ0n) is 14.9. The van der Waals surface area contributed by atoms with Gasteiger partial charge < -0.3 is 9.31 Å². The van der Waals surface area contributed by atoms with E-state index in [1.54, 1.807) is 0 Å². The Kier molecular flexibility index (Phi) is 4.84. The lowest BCUT2D eigenvalue weighted by molar-refractivity contribution is 0.00578. The molecule has 1 saturated heterocycles. The molecule has 0 aliphatic carbocycles. The topological polar surface area (TPSA) is 18.5 Å². The molecule has 25 heavy (non-hydrogen) atoms. The molecule has 0 atom stereocenters. The van der Waals surface area contributed by atoms with E-state index in [0.29, 0.717) is 0 Å². The summed E-state index contributed by atoms with van der Waals surface area (Å²) in [5.74, 6) is 0. The number of hydrogen-bond acceptors (Lipinski definition) is 3. The van der Waals surface area contributed by atoms with Gasteiger partial charge in [-0.25, -0.2) is 0 Å². The van der Waals surface area contributed by atoms with E-state index in [-0.39, 0.29) is 18.3 Å². The summed E-state index contributed by atoms with van der Waals surface area (Å²) in [4.78, 5) is 0. The van der Waals surface area contributed by atoms with Gasteiger partial charge in [-0.1, -0.05) is 54.6 Å². The second kappa shape index (κ2) is 6.63. The fraction of sp³-hybridized carbons (Fsp3) is 0.300. The van der Waals surface area contributed by atoms with Crippen molar-refractivity contribution in [3.63, 3.8) is 0 Å². The first-order valence-electron chi connectivity index (χ1n) is 8.32. The minimum atomic E-state index is -0.338. The summed E-state index contributed by atoms with van der Waals surface area (Å²) < 4.78 is 21.8. The molecule has 130 valence electrons. The van der Waals surface area contributed by atoms with Crippen LogP contribution in [0.15, 0.2) is 54.6 Å². The van der Waals surface area contributed by atoms with Crippen LogP contribution >= 0.6 is 13.0 Å². The zero-order valence-corrected chi connectivity index (χ0v) is 15.8. The van der Waals surface area contributed by atoms with E-state index in [1.165, 1.54) is 21.5 Å². The highest BCUT2D eigenvalue weighted by Crippen LogP contribution is 2.37. The molecule has 1 aliphatic rings. The predicted octanol–water partition coefficient (Wildman–Crippen LogP) is 5.09. The Labute approximate surface area is 154 Å². The molecule has 1 aliphatic heterocycles. The molecule has 4 rings (SSSR count). The average Bonchev–Trinajstić information content (AvgIpc) is 2.83. The van der Waals surface area contributed by atoms with Gasteiger partial charge in [-0.2, -0.15) is 3.89 Å². The molecule has 0 amide bonds. The fourth-order valence-electron chi connectivity index (χ4n) is 3.25. The maximum Gasteiger partial charge on any atom is 0.495 e. The molecular formula is C20H22BFO2S. The highest BCUT2D eigenvalue weighted by atomic mass is 32.1. The van der Waals surface area contributed by atoms with Gasteiger partial charge in [-0.3, -0.25) is 0 Å². The molecule has 2 nitrogen and oxygen atoms in total. The van der Waals surface area contributed by atoms with Gasteiger partial charge in [0, 0.05) is 13.0 Å². The van der Waals surface area contributed by atoms with Crippen LogP contribution in [0.1, 0.15) is 27.7 Å². The normalized spacial score (nSPS) is 18.2. The van der Waals surface area contributed by atoms with Gasteiger partial charge in [0.15, 0.2) is 0 Å². The van der Waals surface area contributed by atoms with Gasteiger partial charge in [0.05, 0.1) is 11.2 Å². The quantitative estimate of drug-likeness (QED) is 0.372. The maximum atomic E-state index is 9.19. The van der Waals surface area contributed by atoms with Gasteiger partial charge in [0.1, 0.15) is 0 Å². The van der Waals surface area contributed by atoms with Crippen LogP contribution in [0.25, 0.3) is 21.5 Å². The molecule has 0 bridgehead atoms. The first-order valence-corrected chi connectivity index (χ1v) is 8.66. The third-order valence-electron chi connectivity index (χ3n) is 5.31. The Morgan fingerprint density at radius 3 is 1.84 bits per heavy atom. The highest BCUT2D eigenvalue weighted by Gasteiger charge is 2.52. The van der Waals surface area contributed by atoms with Crippen molar-refractivity contribution in [1.82, 2.24) is 0 Å². The van der Waals surface area contributed by atoms with Crippen molar-refractivity contribution in [1.29, 1.82) is 0 Å². The van der Waals surface area contributed by atoms with Gasteiger partial charge in [0.2, 0.25) is 0 Å². The Morgan fingerprint density at radius 2 is 1.24 bits per heavy atom. The molecule has 1 heterocycles. The van der Waals surface area contributed by atoms with E-state index in [9.17, 15) is 3.89 Å². The van der Waals surface area contributed by atoms with Crippen molar-refractivity contribution >= 4 is 47.1 Å². The van der Waals surface area contributed by atoms with Gasteiger partial charge in [0.25, 0.3) is 0 Å². The van der Waals surface area contributed by atoms with Gasteiger partial charge in [-0.05, 0) is 54.7 Å². The number of rotatable bonds is 1. The van der Waals surface area contributed by atoms with Crippen molar-refractivity contribution in [2.24, 2.45) is 0 Å². The van der Waals surface area contributed by atoms with E-state index >= 15 is 0 Å². The third-order valence-corrected chi connectivity index (χ3v) is 5.31. The first kappa shape index (κ1) is 18.2. The van der Waals surface area contributed by atoms with E-state index in [2.05, 4.69) is 82.3 Å². The molecule has 5 heteroatoms. The molecule has 0 N–H and O–H groups in total. The fourth-order valence-corrected chi connectivity index (χ4v) is 3.25. The Morgan fingerprint density at radius 1 is 0.760 bits per heavy atom. The van der Waals surface area contributed by atoms with Crippen LogP contribution in [0.3, 0.4) is 0 Å². The number of halogens is 1. The summed E-state index contributed by atoms with van der Waals surface area (Å²) in [5.41, 5.74) is 0.451. The first-order chi connectivity index (χ1) is 11.9. The smallest absolute Gasteiger partial charge is 0.399 e. The van der Waals surface area contributed by atoms with Crippen LogP contribution in [-0.2, 0) is 9.31 Å². The molecule has 0 unspecified atom stereocenters. The largest absolute Gasteiger partial charge is 0.495 e. The Balaban J connectivity index is 0.000000880. The number of benzene rings is 3. The van der Waals surface area contributed by atoms with Gasteiger partial charge in [-0.15, -0.1) is 0 Å². The van der Waals surface area contributed by atoms with E-state index in [4.69, 9.17) is 9.31 Å². The summed E-state index contributed by atoms with van der Waals surface area (Å²) in [6, 6.07) is 19.2. The van der Waals surface area contributed by atoms with Crippen LogP contribution < -0.4 is 5.46 Å². The molecule has 0 saturated carbocycles. The second-order valence-corrected chi connectivity index (χ2v) is 7.32. The summed E-state index contributed by atoms with van der Waals surface area (Å²) >= 11 is 2.03. The molecular weight excluding hydrogens is 334 g/mol. The summed E-state index contributed by atoms with van der Waals surface area (Å²) in [6.07, 6.45) is 0. The van der Waals surface area contributed by atoms with E-state index < -0.39 is 0 Å². The van der Waals surface area contributed by atoms with Crippen molar-refractivity contribution in [3.8, 4) is 0 Å². The van der Waals surface area contributed by atoms with Gasteiger partial charge >= 0.3 is 7.12 Å². The van der Waals surface area contributed by atoms with Crippen LogP contribution in [0, 0.1) is 0 Å². The number of thiol groups is 1. The van der Waals surface area contributed by atoms with Crippen LogP contribution in [0.2, 0.25) is 0 Å². The van der Waals surface area contributed by atoms with Crippen LogP contribution in [-0.4, -0.2) is 18.3 Å². The third kappa shape index (κ3) is 3.05. The molecule has 1 fully saturated rings. The lowest BCUT2D eigenvalue weighted by Crippen LogP contribution is -2.41. The molecule has 0 aromatic heterocycles. The summed E-state index contributed by atoms with van der Waals surface area (Å²) in [6.45, 7) is 8.37. The SMILES string of the molecule is CC1(C)OB(c2cc3ccccc3c3ccccc23)OC1(C)C.FS. The van der Waals surface area contributed by atoms with E-state index in [1.807, 2.05) is 13.0 Å². The highest BCUT2D eigenvalue weighted by molar-refractivity contribution is 7.74. The molecule has 0 radical (unpaired) electrons. The van der Waals surface area contributed by atoms with Crippen LogP contribution in [0.4, 0.5) is 3.89 Å². The van der Waals surface area contributed by atoms with Crippen molar-refractivity contribution < 1.29 is 13.2 Å². The lowest BCUT2D eigenvalue weighted by Gasteiger charge is -2.32. The minimum absolute atomic E-state index is 0.329. The number of hydrogen-bond donors (Lipinski definition) is 1. The zero-order chi connectivity index (χ0) is 18.2. The van der Waals surface area contributed by atoms with Crippen LogP contribution in [0.5, 0.6) is 0 Å². The molecule has 3 aromatic rings.